The summed E-state index contributed by atoms with van der Waals surface area (Å²) in [5.41, 5.74) is 1.15. The number of aromatic nitrogens is 5. The van der Waals surface area contributed by atoms with E-state index in [9.17, 15) is 0 Å². The molecule has 1 unspecified atom stereocenters. The monoisotopic (exact) mass is 220 g/mol. The Bertz CT molecular complexity index is 457. The normalized spacial score (nSPS) is 12.9. The van der Waals surface area contributed by atoms with E-state index in [4.69, 9.17) is 0 Å². The van der Waals surface area contributed by atoms with Crippen LogP contribution in [0.5, 0.6) is 0 Å². The lowest BCUT2D eigenvalue weighted by molar-refractivity contribution is 0.512. The van der Waals surface area contributed by atoms with Crippen LogP contribution in [0.4, 0.5) is 0 Å². The van der Waals surface area contributed by atoms with E-state index in [-0.39, 0.29) is 6.04 Å². The second-order valence-corrected chi connectivity index (χ2v) is 3.85. The average molecular weight is 220 g/mol. The highest BCUT2D eigenvalue weighted by molar-refractivity contribution is 5.01. The number of nitrogens with zero attached hydrogens (tertiary/aromatic N) is 5. The molecule has 86 valence electrons. The van der Waals surface area contributed by atoms with E-state index in [1.54, 1.807) is 12.5 Å². The molecule has 0 saturated heterocycles. The SMILES string of the molecule is CC(NCc1ccnn1C)c1nncn1C. The van der Waals surface area contributed by atoms with Crippen LogP contribution in [0.15, 0.2) is 18.6 Å². The Morgan fingerprint density at radius 3 is 2.81 bits per heavy atom. The van der Waals surface area contributed by atoms with Gasteiger partial charge in [-0.25, -0.2) is 0 Å². The third-order valence-corrected chi connectivity index (χ3v) is 2.65. The van der Waals surface area contributed by atoms with E-state index in [0.29, 0.717) is 0 Å². The molecule has 0 aliphatic carbocycles. The fraction of sp³-hybridized carbons (Fsp3) is 0.500. The van der Waals surface area contributed by atoms with Crippen LogP contribution in [0.3, 0.4) is 0 Å². The first-order valence-corrected chi connectivity index (χ1v) is 5.22. The third kappa shape index (κ3) is 2.11. The van der Waals surface area contributed by atoms with Gasteiger partial charge in [0.15, 0.2) is 0 Å². The first-order chi connectivity index (χ1) is 7.68. The molecule has 2 aromatic heterocycles. The van der Waals surface area contributed by atoms with Crippen molar-refractivity contribution in [3.05, 3.63) is 30.1 Å². The molecule has 0 aromatic carbocycles. The summed E-state index contributed by atoms with van der Waals surface area (Å²) in [7, 11) is 3.88. The molecule has 0 aliphatic heterocycles. The van der Waals surface area contributed by atoms with E-state index in [1.165, 1.54) is 0 Å². The van der Waals surface area contributed by atoms with Crippen LogP contribution in [0.2, 0.25) is 0 Å². The molecule has 1 N–H and O–H groups in total. The molecule has 0 fully saturated rings. The minimum absolute atomic E-state index is 0.169. The summed E-state index contributed by atoms with van der Waals surface area (Å²) in [6.45, 7) is 2.84. The average Bonchev–Trinajstić information content (AvgIpc) is 2.84. The van der Waals surface area contributed by atoms with E-state index in [0.717, 1.165) is 18.1 Å². The highest BCUT2D eigenvalue weighted by atomic mass is 15.3. The molecule has 2 aromatic rings. The molecule has 0 bridgehead atoms. The van der Waals surface area contributed by atoms with Crippen LogP contribution in [-0.2, 0) is 20.6 Å². The molecule has 0 amide bonds. The van der Waals surface area contributed by atoms with Gasteiger partial charge in [-0.1, -0.05) is 0 Å². The Morgan fingerprint density at radius 2 is 2.25 bits per heavy atom. The number of rotatable bonds is 4. The van der Waals surface area contributed by atoms with E-state index in [1.807, 2.05) is 29.4 Å². The minimum atomic E-state index is 0.169. The number of aryl methyl sites for hydroxylation is 2. The maximum atomic E-state index is 4.12. The Kier molecular flexibility index (Phi) is 3.00. The summed E-state index contributed by atoms with van der Waals surface area (Å²) in [4.78, 5) is 0. The fourth-order valence-electron chi connectivity index (χ4n) is 1.61. The Hall–Kier alpha value is -1.69. The van der Waals surface area contributed by atoms with Gasteiger partial charge in [-0.2, -0.15) is 5.10 Å². The van der Waals surface area contributed by atoms with Gasteiger partial charge in [0, 0.05) is 26.8 Å². The van der Waals surface area contributed by atoms with E-state index >= 15 is 0 Å². The van der Waals surface area contributed by atoms with Crippen molar-refractivity contribution in [1.82, 2.24) is 29.9 Å². The summed E-state index contributed by atoms with van der Waals surface area (Å²) in [6.07, 6.45) is 3.50. The second-order valence-electron chi connectivity index (χ2n) is 3.85. The predicted molar refractivity (Wildman–Crippen MR) is 59.5 cm³/mol. The van der Waals surface area contributed by atoms with Crippen LogP contribution in [-0.4, -0.2) is 24.5 Å². The molecule has 1 atom stereocenters. The molecule has 2 rings (SSSR count). The third-order valence-electron chi connectivity index (χ3n) is 2.65. The molecule has 0 aliphatic rings. The number of hydrogen-bond donors (Lipinski definition) is 1. The highest BCUT2D eigenvalue weighted by Crippen LogP contribution is 2.08. The lowest BCUT2D eigenvalue weighted by atomic mass is 10.3. The highest BCUT2D eigenvalue weighted by Gasteiger charge is 2.10. The van der Waals surface area contributed by atoms with Crippen LogP contribution in [0.25, 0.3) is 0 Å². The van der Waals surface area contributed by atoms with Gasteiger partial charge in [-0.05, 0) is 13.0 Å². The molecule has 6 heteroatoms. The molecule has 0 saturated carbocycles. The van der Waals surface area contributed by atoms with Crippen LogP contribution >= 0.6 is 0 Å². The van der Waals surface area contributed by atoms with E-state index in [2.05, 4.69) is 27.5 Å². The van der Waals surface area contributed by atoms with E-state index < -0.39 is 0 Å². The predicted octanol–water partition coefficient (Wildman–Crippen LogP) is 0.399. The molecule has 2 heterocycles. The number of nitrogens with one attached hydrogen (secondary N) is 1. The lowest BCUT2D eigenvalue weighted by Gasteiger charge is -2.12. The first-order valence-electron chi connectivity index (χ1n) is 5.22. The zero-order valence-electron chi connectivity index (χ0n) is 9.75. The van der Waals surface area contributed by atoms with Gasteiger partial charge in [0.1, 0.15) is 12.2 Å². The molecule has 0 spiro atoms. The second kappa shape index (κ2) is 4.44. The number of hydrogen-bond acceptors (Lipinski definition) is 4. The fourth-order valence-corrected chi connectivity index (χ4v) is 1.61. The summed E-state index contributed by atoms with van der Waals surface area (Å²) in [5.74, 6) is 0.933. The summed E-state index contributed by atoms with van der Waals surface area (Å²) in [5, 5.41) is 15.4. The molecular formula is C10H16N6. The van der Waals surface area contributed by atoms with Gasteiger partial charge >= 0.3 is 0 Å². The molecule has 0 radical (unpaired) electrons. The lowest BCUT2D eigenvalue weighted by Crippen LogP contribution is -2.22. The van der Waals surface area contributed by atoms with Crippen LogP contribution in [0, 0.1) is 0 Å². The van der Waals surface area contributed by atoms with Crippen LogP contribution in [0.1, 0.15) is 24.5 Å². The maximum Gasteiger partial charge on any atom is 0.149 e. The zero-order valence-corrected chi connectivity index (χ0v) is 9.75. The van der Waals surface area contributed by atoms with Crippen molar-refractivity contribution in [3.63, 3.8) is 0 Å². The summed E-state index contributed by atoms with van der Waals surface area (Å²) in [6, 6.07) is 2.17. The van der Waals surface area contributed by atoms with Crippen molar-refractivity contribution >= 4 is 0 Å². The summed E-state index contributed by atoms with van der Waals surface area (Å²) < 4.78 is 3.78. The maximum absolute atomic E-state index is 4.12. The Balaban J connectivity index is 1.97. The van der Waals surface area contributed by atoms with Crippen molar-refractivity contribution in [1.29, 1.82) is 0 Å². The van der Waals surface area contributed by atoms with Crippen molar-refractivity contribution in [2.24, 2.45) is 14.1 Å². The van der Waals surface area contributed by atoms with Crippen molar-refractivity contribution in [3.8, 4) is 0 Å². The summed E-state index contributed by atoms with van der Waals surface area (Å²) >= 11 is 0. The zero-order chi connectivity index (χ0) is 11.5. The Labute approximate surface area is 94.3 Å². The molecule has 6 nitrogen and oxygen atoms in total. The van der Waals surface area contributed by atoms with Crippen molar-refractivity contribution in [2.45, 2.75) is 19.5 Å². The smallest absolute Gasteiger partial charge is 0.149 e. The van der Waals surface area contributed by atoms with Gasteiger partial charge in [0.05, 0.1) is 11.7 Å². The molecular weight excluding hydrogens is 204 g/mol. The van der Waals surface area contributed by atoms with Gasteiger partial charge in [0.2, 0.25) is 0 Å². The van der Waals surface area contributed by atoms with Crippen LogP contribution < -0.4 is 5.32 Å². The largest absolute Gasteiger partial charge is 0.319 e. The van der Waals surface area contributed by atoms with Gasteiger partial charge in [-0.15, -0.1) is 10.2 Å². The quantitative estimate of drug-likeness (QED) is 0.810. The van der Waals surface area contributed by atoms with Crippen molar-refractivity contribution < 1.29 is 0 Å². The van der Waals surface area contributed by atoms with Crippen molar-refractivity contribution in [2.75, 3.05) is 0 Å². The standard InChI is InChI=1S/C10H16N6/c1-8(10-14-12-7-15(10)2)11-6-9-4-5-13-16(9)3/h4-5,7-8,11H,6H2,1-3H3. The van der Waals surface area contributed by atoms with Gasteiger partial charge < -0.3 is 9.88 Å². The first kappa shape index (κ1) is 10.8. The minimum Gasteiger partial charge on any atom is -0.319 e. The van der Waals surface area contributed by atoms with Gasteiger partial charge in [-0.3, -0.25) is 4.68 Å². The molecule has 16 heavy (non-hydrogen) atoms. The Morgan fingerprint density at radius 1 is 1.44 bits per heavy atom. The topological polar surface area (TPSA) is 60.6 Å². The van der Waals surface area contributed by atoms with Gasteiger partial charge in [0.25, 0.3) is 0 Å².